The Morgan fingerprint density at radius 1 is 1.29 bits per heavy atom. The van der Waals surface area contributed by atoms with E-state index in [0.29, 0.717) is 32.5 Å². The summed E-state index contributed by atoms with van der Waals surface area (Å²) in [4.78, 5) is 24.9. The van der Waals surface area contributed by atoms with Gasteiger partial charge in [0.1, 0.15) is 0 Å². The molecule has 0 radical (unpaired) electrons. The van der Waals surface area contributed by atoms with Gasteiger partial charge in [-0.1, -0.05) is 29.8 Å². The first-order chi connectivity index (χ1) is 10.0. The number of piperidine rings is 1. The van der Waals surface area contributed by atoms with Gasteiger partial charge in [0.15, 0.2) is 0 Å². The molecular weight excluding hydrogens is 268 g/mol. The van der Waals surface area contributed by atoms with Crippen LogP contribution in [-0.2, 0) is 4.79 Å². The lowest BCUT2D eigenvalue weighted by Gasteiger charge is -2.40. The molecule has 1 atom stereocenters. The molecule has 0 aliphatic carbocycles. The maximum Gasteiger partial charge on any atom is 0.407 e. The number of amides is 2. The molecule has 1 aromatic rings. The number of hydrogen-bond acceptors (Lipinski definition) is 2. The van der Waals surface area contributed by atoms with Crippen LogP contribution < -0.4 is 5.32 Å². The van der Waals surface area contributed by atoms with Crippen molar-refractivity contribution >= 4 is 12.0 Å². The zero-order valence-corrected chi connectivity index (χ0v) is 12.1. The Kier molecular flexibility index (Phi) is 3.35. The van der Waals surface area contributed by atoms with Crippen LogP contribution in [0.4, 0.5) is 4.79 Å². The van der Waals surface area contributed by atoms with Gasteiger partial charge >= 0.3 is 6.09 Å². The van der Waals surface area contributed by atoms with Crippen molar-refractivity contribution in [1.82, 2.24) is 10.2 Å². The molecule has 2 aliphatic heterocycles. The fourth-order valence-electron chi connectivity index (χ4n) is 3.63. The maximum absolute atomic E-state index is 12.4. The highest BCUT2D eigenvalue weighted by Crippen LogP contribution is 2.47. The number of likely N-dealkylation sites (tertiary alicyclic amines) is 1. The van der Waals surface area contributed by atoms with Gasteiger partial charge in [0.05, 0.1) is 5.41 Å². The molecule has 2 fully saturated rings. The molecule has 2 N–H and O–H groups in total. The number of carbonyl (C=O) groups excluding carboxylic acids is 1. The summed E-state index contributed by atoms with van der Waals surface area (Å²) in [6.07, 6.45) is 0.308. The van der Waals surface area contributed by atoms with Crippen LogP contribution in [0.3, 0.4) is 0 Å². The zero-order valence-electron chi connectivity index (χ0n) is 12.1. The lowest BCUT2D eigenvalue weighted by atomic mass is 9.68. The highest BCUT2D eigenvalue weighted by Gasteiger charge is 2.52. The molecular formula is C16H20N2O3. The van der Waals surface area contributed by atoms with Crippen molar-refractivity contribution in [1.29, 1.82) is 0 Å². The third-order valence-corrected chi connectivity index (χ3v) is 4.99. The van der Waals surface area contributed by atoms with E-state index in [0.717, 1.165) is 0 Å². The molecule has 1 spiro atoms. The van der Waals surface area contributed by atoms with Crippen molar-refractivity contribution in [3.05, 3.63) is 35.4 Å². The molecule has 0 saturated carbocycles. The first kappa shape index (κ1) is 13.9. The van der Waals surface area contributed by atoms with Crippen molar-refractivity contribution in [2.45, 2.75) is 25.7 Å². The summed E-state index contributed by atoms with van der Waals surface area (Å²) >= 11 is 0. The summed E-state index contributed by atoms with van der Waals surface area (Å²) in [7, 11) is 0. The molecule has 0 bridgehead atoms. The second-order valence-electron chi connectivity index (χ2n) is 6.10. The first-order valence-electron chi connectivity index (χ1n) is 7.36. The van der Waals surface area contributed by atoms with E-state index in [-0.39, 0.29) is 11.8 Å². The van der Waals surface area contributed by atoms with Crippen molar-refractivity contribution in [3.8, 4) is 0 Å². The van der Waals surface area contributed by atoms with Gasteiger partial charge in [0, 0.05) is 25.6 Å². The quantitative estimate of drug-likeness (QED) is 0.830. The van der Waals surface area contributed by atoms with Gasteiger partial charge in [-0.25, -0.2) is 4.79 Å². The minimum atomic E-state index is -0.893. The molecule has 5 nitrogen and oxygen atoms in total. The fourth-order valence-corrected chi connectivity index (χ4v) is 3.63. The predicted molar refractivity (Wildman–Crippen MR) is 78.2 cm³/mol. The average molecular weight is 288 g/mol. The topological polar surface area (TPSA) is 69.6 Å². The first-order valence-corrected chi connectivity index (χ1v) is 7.36. The summed E-state index contributed by atoms with van der Waals surface area (Å²) in [5, 5.41) is 12.1. The number of nitrogens with zero attached hydrogens (tertiary/aromatic N) is 1. The van der Waals surface area contributed by atoms with E-state index in [9.17, 15) is 9.59 Å². The molecule has 0 aromatic heterocycles. The van der Waals surface area contributed by atoms with Gasteiger partial charge in [0.2, 0.25) is 5.91 Å². The number of carbonyl (C=O) groups is 2. The Labute approximate surface area is 123 Å². The summed E-state index contributed by atoms with van der Waals surface area (Å²) in [5.74, 6) is 0.222. The monoisotopic (exact) mass is 288 g/mol. The van der Waals surface area contributed by atoms with Crippen molar-refractivity contribution in [2.75, 3.05) is 19.6 Å². The Morgan fingerprint density at radius 3 is 2.48 bits per heavy atom. The van der Waals surface area contributed by atoms with Crippen LogP contribution in [0.1, 0.15) is 29.9 Å². The Balaban J connectivity index is 1.86. The number of aryl methyl sites for hydroxylation is 1. The van der Waals surface area contributed by atoms with E-state index in [4.69, 9.17) is 5.11 Å². The number of nitrogens with one attached hydrogen (secondary N) is 1. The van der Waals surface area contributed by atoms with Gasteiger partial charge < -0.3 is 15.3 Å². The van der Waals surface area contributed by atoms with Crippen molar-refractivity contribution in [3.63, 3.8) is 0 Å². The summed E-state index contributed by atoms with van der Waals surface area (Å²) in [6, 6.07) is 8.31. The van der Waals surface area contributed by atoms with E-state index < -0.39 is 11.5 Å². The van der Waals surface area contributed by atoms with Crippen molar-refractivity contribution in [2.24, 2.45) is 5.41 Å². The molecule has 2 saturated heterocycles. The molecule has 5 heteroatoms. The Morgan fingerprint density at radius 2 is 1.90 bits per heavy atom. The van der Waals surface area contributed by atoms with E-state index in [2.05, 4.69) is 29.6 Å². The Bertz CT molecular complexity index is 559. The molecule has 2 heterocycles. The highest BCUT2D eigenvalue weighted by molar-refractivity contribution is 5.87. The maximum atomic E-state index is 12.4. The largest absolute Gasteiger partial charge is 0.465 e. The van der Waals surface area contributed by atoms with Gasteiger partial charge in [-0.05, 0) is 25.3 Å². The lowest BCUT2D eigenvalue weighted by molar-refractivity contribution is -0.130. The Hall–Kier alpha value is -2.04. The van der Waals surface area contributed by atoms with E-state index in [1.54, 1.807) is 0 Å². The molecule has 21 heavy (non-hydrogen) atoms. The SMILES string of the molecule is Cc1ccc(C2CNC(=O)C23CCN(C(=O)O)CC3)cc1. The van der Waals surface area contributed by atoms with E-state index >= 15 is 0 Å². The third-order valence-electron chi connectivity index (χ3n) is 4.99. The smallest absolute Gasteiger partial charge is 0.407 e. The molecule has 1 unspecified atom stereocenters. The zero-order chi connectivity index (χ0) is 15.0. The average Bonchev–Trinajstić information content (AvgIpc) is 2.78. The van der Waals surface area contributed by atoms with E-state index in [1.165, 1.54) is 16.0 Å². The van der Waals surface area contributed by atoms with Crippen LogP contribution in [0.5, 0.6) is 0 Å². The van der Waals surface area contributed by atoms with Crippen LogP contribution in [-0.4, -0.2) is 41.6 Å². The molecule has 2 amide bonds. The van der Waals surface area contributed by atoms with Crippen LogP contribution in [0.25, 0.3) is 0 Å². The van der Waals surface area contributed by atoms with Crippen molar-refractivity contribution < 1.29 is 14.7 Å². The second-order valence-corrected chi connectivity index (χ2v) is 6.10. The second kappa shape index (κ2) is 5.06. The van der Waals surface area contributed by atoms with Crippen LogP contribution >= 0.6 is 0 Å². The normalized spacial score (nSPS) is 24.1. The molecule has 1 aromatic carbocycles. The predicted octanol–water partition coefficient (Wildman–Crippen LogP) is 1.97. The number of hydrogen-bond donors (Lipinski definition) is 2. The van der Waals surface area contributed by atoms with Crippen LogP contribution in [0, 0.1) is 12.3 Å². The summed E-state index contributed by atoms with van der Waals surface area (Å²) in [5.41, 5.74) is 1.93. The third kappa shape index (κ3) is 2.26. The van der Waals surface area contributed by atoms with Gasteiger partial charge in [-0.15, -0.1) is 0 Å². The van der Waals surface area contributed by atoms with Gasteiger partial charge in [-0.3, -0.25) is 4.79 Å². The number of benzene rings is 1. The fraction of sp³-hybridized carbons (Fsp3) is 0.500. The molecule has 2 aliphatic rings. The minimum Gasteiger partial charge on any atom is -0.465 e. The summed E-state index contributed by atoms with van der Waals surface area (Å²) < 4.78 is 0. The number of rotatable bonds is 1. The minimum absolute atomic E-state index is 0.0816. The standard InChI is InChI=1S/C16H20N2O3/c1-11-2-4-12(5-3-11)13-10-17-14(19)16(13)6-8-18(9-7-16)15(20)21/h2-5,13H,6-10H2,1H3,(H,17,19)(H,20,21). The van der Waals surface area contributed by atoms with Crippen LogP contribution in [0.15, 0.2) is 24.3 Å². The van der Waals surface area contributed by atoms with Crippen LogP contribution in [0.2, 0.25) is 0 Å². The van der Waals surface area contributed by atoms with E-state index in [1.807, 2.05) is 6.92 Å². The number of carboxylic acid groups (broad SMARTS) is 1. The van der Waals surface area contributed by atoms with Gasteiger partial charge in [-0.2, -0.15) is 0 Å². The lowest BCUT2D eigenvalue weighted by Crippen LogP contribution is -2.47. The summed E-state index contributed by atoms with van der Waals surface area (Å²) in [6.45, 7) is 3.56. The molecule has 112 valence electrons. The molecule has 3 rings (SSSR count). The van der Waals surface area contributed by atoms with Gasteiger partial charge in [0.25, 0.3) is 0 Å². The highest BCUT2D eigenvalue weighted by atomic mass is 16.4.